The van der Waals surface area contributed by atoms with E-state index in [9.17, 15) is 4.79 Å². The summed E-state index contributed by atoms with van der Waals surface area (Å²) in [4.78, 5) is 31.6. The zero-order chi connectivity index (χ0) is 22.6. The van der Waals surface area contributed by atoms with Crippen LogP contribution in [0.25, 0.3) is 0 Å². The zero-order valence-electron chi connectivity index (χ0n) is 17.3. The first-order valence-electron chi connectivity index (χ1n) is 10.3. The summed E-state index contributed by atoms with van der Waals surface area (Å²) >= 11 is 6.43. The number of pyridine rings is 1. The van der Waals surface area contributed by atoms with E-state index < -0.39 is 0 Å². The lowest BCUT2D eigenvalue weighted by molar-refractivity contribution is 0.102. The number of halogens is 1. The number of nitrogens with one attached hydrogen (secondary N) is 1. The molecule has 5 rings (SSSR count). The van der Waals surface area contributed by atoms with Gasteiger partial charge >= 0.3 is 0 Å². The van der Waals surface area contributed by atoms with Crippen molar-refractivity contribution < 1.29 is 9.21 Å². The van der Waals surface area contributed by atoms with Crippen LogP contribution < -0.4 is 5.32 Å². The van der Waals surface area contributed by atoms with Gasteiger partial charge in [-0.25, -0.2) is 15.0 Å². The Bertz CT molecular complexity index is 1310. The molecule has 0 saturated heterocycles. The Labute approximate surface area is 206 Å². The van der Waals surface area contributed by atoms with Gasteiger partial charge in [0.1, 0.15) is 10.8 Å². The first kappa shape index (κ1) is 22.0. The maximum atomic E-state index is 13.2. The third kappa shape index (κ3) is 5.07. The van der Waals surface area contributed by atoms with E-state index in [1.807, 2.05) is 12.1 Å². The number of hydrogen-bond acceptors (Lipinski definition) is 8. The molecule has 4 aromatic heterocycles. The highest BCUT2D eigenvalue weighted by molar-refractivity contribution is 9.10. The summed E-state index contributed by atoms with van der Waals surface area (Å²) < 4.78 is 6.71. The minimum absolute atomic E-state index is 0.160. The molecule has 0 atom stereocenters. The van der Waals surface area contributed by atoms with Crippen molar-refractivity contribution in [3.63, 3.8) is 0 Å². The number of aliphatic imine (C=N–C) groups is 1. The number of hydrogen-bond donors (Lipinski definition) is 1. The van der Waals surface area contributed by atoms with E-state index in [0.29, 0.717) is 32.3 Å². The molecule has 1 aliphatic carbocycles. The Balaban J connectivity index is 1.42. The monoisotopic (exact) mass is 539 g/mol. The molecule has 0 radical (unpaired) electrons. The van der Waals surface area contributed by atoms with Crippen LogP contribution in [0.4, 0.5) is 10.7 Å². The Kier molecular flexibility index (Phi) is 6.65. The van der Waals surface area contributed by atoms with Gasteiger partial charge in [0, 0.05) is 29.5 Å². The molecule has 1 aliphatic rings. The molecule has 10 heteroatoms. The van der Waals surface area contributed by atoms with E-state index in [1.54, 1.807) is 54.5 Å². The van der Waals surface area contributed by atoms with Crippen molar-refractivity contribution in [2.24, 2.45) is 4.99 Å². The lowest BCUT2D eigenvalue weighted by Crippen LogP contribution is -2.14. The Morgan fingerprint density at radius 3 is 2.88 bits per heavy atom. The number of aromatic nitrogens is 3. The first-order valence-corrected chi connectivity index (χ1v) is 12.7. The third-order valence-corrected chi connectivity index (χ3v) is 7.94. The first-order chi connectivity index (χ1) is 16.2. The van der Waals surface area contributed by atoms with E-state index >= 15 is 0 Å². The average Bonchev–Trinajstić information content (AvgIpc) is 3.38. The molecule has 4 aromatic rings. The number of carbonyl (C=O) groups excluding carboxylic acids is 1. The molecule has 7 nitrogen and oxygen atoms in total. The van der Waals surface area contributed by atoms with Gasteiger partial charge in [0.05, 0.1) is 28.1 Å². The second kappa shape index (κ2) is 9.98. The number of carbonyl (C=O) groups is 1. The molecule has 0 unspecified atom stereocenters. The summed E-state index contributed by atoms with van der Waals surface area (Å²) in [6, 6.07) is 7.23. The molecule has 1 amide bonds. The molecule has 0 bridgehead atoms. The summed E-state index contributed by atoms with van der Waals surface area (Å²) in [6.45, 7) is 0. The van der Waals surface area contributed by atoms with Crippen LogP contribution in [0.3, 0.4) is 0 Å². The van der Waals surface area contributed by atoms with Crippen LogP contribution in [0.2, 0.25) is 0 Å². The molecular formula is C23H18BrN5O2S2. The number of fused-ring (bicyclic) bond motifs is 1. The van der Waals surface area contributed by atoms with Crippen LogP contribution in [0.5, 0.6) is 0 Å². The molecule has 1 N–H and O–H groups in total. The second-order valence-electron chi connectivity index (χ2n) is 7.26. The van der Waals surface area contributed by atoms with Gasteiger partial charge in [0.2, 0.25) is 0 Å². The van der Waals surface area contributed by atoms with E-state index in [-0.39, 0.29) is 5.91 Å². The second-order valence-corrected chi connectivity index (χ2v) is 10.1. The van der Waals surface area contributed by atoms with Crippen LogP contribution >= 0.6 is 39.0 Å². The van der Waals surface area contributed by atoms with Gasteiger partial charge in [-0.15, -0.1) is 11.3 Å². The molecule has 166 valence electrons. The van der Waals surface area contributed by atoms with Gasteiger partial charge in [-0.05, 0) is 77.1 Å². The Morgan fingerprint density at radius 1 is 1.21 bits per heavy atom. The smallest absolute Gasteiger partial charge is 0.259 e. The highest BCUT2D eigenvalue weighted by Gasteiger charge is 2.25. The van der Waals surface area contributed by atoms with E-state index in [4.69, 9.17) is 4.42 Å². The number of amides is 1. The minimum atomic E-state index is -0.160. The maximum Gasteiger partial charge on any atom is 0.259 e. The van der Waals surface area contributed by atoms with Crippen molar-refractivity contribution >= 4 is 61.8 Å². The fourth-order valence-corrected chi connectivity index (χ4v) is 6.02. The number of anilines is 1. The van der Waals surface area contributed by atoms with Gasteiger partial charge in [-0.2, -0.15) is 0 Å². The Morgan fingerprint density at radius 2 is 2.06 bits per heavy atom. The van der Waals surface area contributed by atoms with Gasteiger partial charge in [-0.1, -0.05) is 0 Å². The number of nitrogens with zero attached hydrogens (tertiary/aromatic N) is 4. The number of thiophene rings is 1. The predicted molar refractivity (Wildman–Crippen MR) is 133 cm³/mol. The zero-order valence-corrected chi connectivity index (χ0v) is 20.5. The lowest BCUT2D eigenvalue weighted by atomic mass is 9.95. The maximum absolute atomic E-state index is 13.2. The number of furan rings is 1. The van der Waals surface area contributed by atoms with E-state index in [2.05, 4.69) is 41.2 Å². The van der Waals surface area contributed by atoms with Crippen molar-refractivity contribution in [3.8, 4) is 0 Å². The van der Waals surface area contributed by atoms with Crippen molar-refractivity contribution in [1.29, 1.82) is 0 Å². The van der Waals surface area contributed by atoms with Gasteiger partial charge in [0.25, 0.3) is 5.91 Å². The highest BCUT2D eigenvalue weighted by atomic mass is 79.9. The number of rotatable bonds is 6. The van der Waals surface area contributed by atoms with Crippen molar-refractivity contribution in [1.82, 2.24) is 15.0 Å². The SMILES string of the molecule is O=C(Nc1cccnc1)c1c(N=Cc2cc(Br)c(Sc3ncccn3)o2)sc2c1CCCC2. The van der Waals surface area contributed by atoms with Gasteiger partial charge in [0.15, 0.2) is 10.2 Å². The average molecular weight is 540 g/mol. The van der Waals surface area contributed by atoms with E-state index in [1.165, 1.54) is 16.6 Å². The highest BCUT2D eigenvalue weighted by Crippen LogP contribution is 2.40. The summed E-state index contributed by atoms with van der Waals surface area (Å²) in [6.07, 6.45) is 12.4. The van der Waals surface area contributed by atoms with Crippen molar-refractivity contribution in [2.75, 3.05) is 5.32 Å². The molecule has 4 heterocycles. The topological polar surface area (TPSA) is 93.3 Å². The summed E-state index contributed by atoms with van der Waals surface area (Å²) in [5.74, 6) is 0.415. The fraction of sp³-hybridized carbons (Fsp3) is 0.174. The van der Waals surface area contributed by atoms with E-state index in [0.717, 1.165) is 35.7 Å². The lowest BCUT2D eigenvalue weighted by Gasteiger charge is -2.12. The Hall–Kier alpha value is -2.82. The quantitative estimate of drug-likeness (QED) is 0.227. The molecule has 0 saturated carbocycles. The standard InChI is InChI=1S/C23H18BrN5O2S2/c24-17-11-15(31-22(17)33-23-26-9-4-10-27-23)13-28-21-19(16-6-1-2-7-18(16)32-21)20(30)29-14-5-3-8-25-12-14/h3-5,8-13H,1-2,6-7H2,(H,29,30). The largest absolute Gasteiger partial charge is 0.447 e. The summed E-state index contributed by atoms with van der Waals surface area (Å²) in [5, 5.41) is 4.88. The molecular weight excluding hydrogens is 522 g/mol. The number of aryl methyl sites for hydroxylation is 1. The summed E-state index contributed by atoms with van der Waals surface area (Å²) in [7, 11) is 0. The van der Waals surface area contributed by atoms with Crippen LogP contribution in [-0.4, -0.2) is 27.1 Å². The normalized spacial score (nSPS) is 13.2. The van der Waals surface area contributed by atoms with Crippen LogP contribution in [0.15, 0.2) is 73.2 Å². The van der Waals surface area contributed by atoms with Crippen LogP contribution in [0, 0.1) is 0 Å². The molecule has 0 aliphatic heterocycles. The molecule has 33 heavy (non-hydrogen) atoms. The van der Waals surface area contributed by atoms with Crippen LogP contribution in [-0.2, 0) is 12.8 Å². The van der Waals surface area contributed by atoms with Crippen molar-refractivity contribution in [2.45, 2.75) is 35.9 Å². The fourth-order valence-electron chi connectivity index (χ4n) is 3.55. The predicted octanol–water partition coefficient (Wildman–Crippen LogP) is 6.32. The van der Waals surface area contributed by atoms with Crippen LogP contribution in [0.1, 0.15) is 39.4 Å². The van der Waals surface area contributed by atoms with Gasteiger partial charge in [-0.3, -0.25) is 9.78 Å². The molecule has 0 aromatic carbocycles. The molecule has 0 spiro atoms. The third-order valence-electron chi connectivity index (χ3n) is 5.01. The molecule has 0 fully saturated rings. The van der Waals surface area contributed by atoms with Crippen molar-refractivity contribution in [3.05, 3.63) is 75.3 Å². The minimum Gasteiger partial charge on any atom is -0.447 e. The summed E-state index contributed by atoms with van der Waals surface area (Å²) in [5.41, 5.74) is 2.42. The van der Waals surface area contributed by atoms with Gasteiger partial charge < -0.3 is 9.73 Å².